The highest BCUT2D eigenvalue weighted by molar-refractivity contribution is 5.80. The van der Waals surface area contributed by atoms with Gasteiger partial charge in [0.1, 0.15) is 0 Å². The summed E-state index contributed by atoms with van der Waals surface area (Å²) in [5, 5.41) is 3.50. The number of nitrogens with zero attached hydrogens (tertiary/aromatic N) is 2. The van der Waals surface area contributed by atoms with Crippen LogP contribution in [-0.2, 0) is 16.1 Å². The fourth-order valence-corrected chi connectivity index (χ4v) is 2.81. The van der Waals surface area contributed by atoms with E-state index < -0.39 is 0 Å². The van der Waals surface area contributed by atoms with Crippen molar-refractivity contribution in [2.75, 3.05) is 19.8 Å². The number of aromatic nitrogens is 2. The van der Waals surface area contributed by atoms with Gasteiger partial charge < -0.3 is 10.1 Å². The van der Waals surface area contributed by atoms with Crippen LogP contribution in [0.3, 0.4) is 0 Å². The van der Waals surface area contributed by atoms with Crippen LogP contribution in [0.15, 0.2) is 29.3 Å². The largest absolute Gasteiger partial charge is 0.381 e. The Hall–Kier alpha value is -2.21. The van der Waals surface area contributed by atoms with Gasteiger partial charge in [0, 0.05) is 32.0 Å². The minimum Gasteiger partial charge on any atom is -0.381 e. The molecule has 23 heavy (non-hydrogen) atoms. The highest BCUT2D eigenvalue weighted by Crippen LogP contribution is 2.12. The van der Waals surface area contributed by atoms with Crippen LogP contribution in [0.4, 0.5) is 0 Å². The highest BCUT2D eigenvalue weighted by atomic mass is 16.5. The molecule has 0 saturated carbocycles. The van der Waals surface area contributed by atoms with Gasteiger partial charge in [-0.1, -0.05) is 12.1 Å². The number of aryl methyl sites for hydroxylation is 2. The second-order valence-corrected chi connectivity index (χ2v) is 6.00. The fraction of sp³-hybridized carbons (Fsp3) is 0.471. The molecule has 1 aromatic heterocycles. The number of fused-ring (bicyclic) bond motifs is 1. The van der Waals surface area contributed by atoms with E-state index in [4.69, 9.17) is 4.74 Å². The lowest BCUT2D eigenvalue weighted by atomic mass is 10.1. The summed E-state index contributed by atoms with van der Waals surface area (Å²) >= 11 is 0. The third-order valence-corrected chi connectivity index (χ3v) is 4.25. The van der Waals surface area contributed by atoms with Crippen LogP contribution >= 0.6 is 0 Å². The Labute approximate surface area is 134 Å². The van der Waals surface area contributed by atoms with Crippen LogP contribution in [0.25, 0.3) is 10.9 Å². The van der Waals surface area contributed by atoms with Crippen LogP contribution in [0, 0.1) is 12.8 Å². The van der Waals surface area contributed by atoms with Crippen LogP contribution in [0.5, 0.6) is 0 Å². The molecule has 2 heterocycles. The van der Waals surface area contributed by atoms with Crippen LogP contribution in [0.2, 0.25) is 0 Å². The number of benzene rings is 1. The summed E-state index contributed by atoms with van der Waals surface area (Å²) < 4.78 is 6.78. The summed E-state index contributed by atoms with van der Waals surface area (Å²) in [4.78, 5) is 28.7. The number of para-hydroxylation sites is 1. The lowest BCUT2D eigenvalue weighted by Gasteiger charge is -2.10. The monoisotopic (exact) mass is 315 g/mol. The SMILES string of the molecule is Cc1cccc2c(=O)n(CCC(=O)NC[C@H]3CCOC3)cnc12. The first-order valence-electron chi connectivity index (χ1n) is 7.94. The van der Waals surface area contributed by atoms with Gasteiger partial charge in [-0.3, -0.25) is 14.2 Å². The van der Waals surface area contributed by atoms with Crippen molar-refractivity contribution in [3.05, 3.63) is 40.4 Å². The second-order valence-electron chi connectivity index (χ2n) is 6.00. The summed E-state index contributed by atoms with van der Waals surface area (Å²) in [5.41, 5.74) is 1.60. The first-order chi connectivity index (χ1) is 11.1. The van der Waals surface area contributed by atoms with Gasteiger partial charge in [0.2, 0.25) is 5.91 Å². The van der Waals surface area contributed by atoms with Crippen molar-refractivity contribution < 1.29 is 9.53 Å². The molecule has 1 atom stereocenters. The first-order valence-corrected chi connectivity index (χ1v) is 7.94. The third kappa shape index (κ3) is 3.59. The van der Waals surface area contributed by atoms with Gasteiger partial charge in [-0.15, -0.1) is 0 Å². The van der Waals surface area contributed by atoms with Crippen molar-refractivity contribution in [1.82, 2.24) is 14.9 Å². The van der Waals surface area contributed by atoms with Crippen LogP contribution in [0.1, 0.15) is 18.4 Å². The van der Waals surface area contributed by atoms with Gasteiger partial charge >= 0.3 is 0 Å². The van der Waals surface area contributed by atoms with Crippen LogP contribution < -0.4 is 10.9 Å². The molecule has 0 radical (unpaired) electrons. The second kappa shape index (κ2) is 6.91. The summed E-state index contributed by atoms with van der Waals surface area (Å²) in [6.45, 7) is 4.40. The Morgan fingerprint density at radius 2 is 2.35 bits per heavy atom. The molecule has 1 N–H and O–H groups in total. The van der Waals surface area contributed by atoms with E-state index in [0.717, 1.165) is 24.1 Å². The molecule has 0 bridgehead atoms. The van der Waals surface area contributed by atoms with Crippen molar-refractivity contribution in [2.24, 2.45) is 5.92 Å². The van der Waals surface area contributed by atoms with Crippen molar-refractivity contribution in [3.63, 3.8) is 0 Å². The molecule has 1 fully saturated rings. The molecular weight excluding hydrogens is 294 g/mol. The number of ether oxygens (including phenoxy) is 1. The number of rotatable bonds is 5. The zero-order valence-corrected chi connectivity index (χ0v) is 13.2. The lowest BCUT2D eigenvalue weighted by molar-refractivity contribution is -0.121. The quantitative estimate of drug-likeness (QED) is 0.901. The fourth-order valence-electron chi connectivity index (χ4n) is 2.81. The molecule has 0 aliphatic carbocycles. The van der Waals surface area contributed by atoms with Gasteiger partial charge in [0.25, 0.3) is 5.56 Å². The number of carbonyl (C=O) groups excluding carboxylic acids is 1. The minimum atomic E-state index is -0.101. The summed E-state index contributed by atoms with van der Waals surface area (Å²) in [6.07, 6.45) is 2.79. The molecular formula is C17H21N3O3. The molecule has 122 valence electrons. The van der Waals surface area contributed by atoms with Gasteiger partial charge in [-0.25, -0.2) is 4.98 Å². The van der Waals surface area contributed by atoms with Crippen molar-refractivity contribution in [2.45, 2.75) is 26.3 Å². The smallest absolute Gasteiger partial charge is 0.261 e. The Morgan fingerprint density at radius 3 is 3.13 bits per heavy atom. The maximum atomic E-state index is 12.4. The molecule has 2 aromatic rings. The van der Waals surface area contributed by atoms with E-state index in [1.54, 1.807) is 6.07 Å². The van der Waals surface area contributed by atoms with Gasteiger partial charge in [0.15, 0.2) is 0 Å². The number of hydrogen-bond acceptors (Lipinski definition) is 4. The minimum absolute atomic E-state index is 0.0480. The van der Waals surface area contributed by atoms with E-state index in [2.05, 4.69) is 10.3 Å². The van der Waals surface area contributed by atoms with E-state index in [9.17, 15) is 9.59 Å². The molecule has 0 unspecified atom stereocenters. The number of nitrogens with one attached hydrogen (secondary N) is 1. The zero-order valence-electron chi connectivity index (χ0n) is 13.2. The van der Waals surface area contributed by atoms with E-state index in [1.807, 2.05) is 19.1 Å². The summed E-state index contributed by atoms with van der Waals surface area (Å²) in [7, 11) is 0. The summed E-state index contributed by atoms with van der Waals surface area (Å²) in [6, 6.07) is 5.55. The highest BCUT2D eigenvalue weighted by Gasteiger charge is 2.16. The van der Waals surface area contributed by atoms with E-state index in [0.29, 0.717) is 31.0 Å². The Kier molecular flexibility index (Phi) is 4.71. The van der Waals surface area contributed by atoms with E-state index >= 15 is 0 Å². The predicted molar refractivity (Wildman–Crippen MR) is 87.3 cm³/mol. The number of hydrogen-bond donors (Lipinski definition) is 1. The maximum Gasteiger partial charge on any atom is 0.261 e. The Morgan fingerprint density at radius 1 is 1.48 bits per heavy atom. The number of carbonyl (C=O) groups is 1. The molecule has 1 aromatic carbocycles. The van der Waals surface area contributed by atoms with Crippen molar-refractivity contribution in [3.8, 4) is 0 Å². The van der Waals surface area contributed by atoms with Crippen molar-refractivity contribution >= 4 is 16.8 Å². The number of amides is 1. The predicted octanol–water partition coefficient (Wildman–Crippen LogP) is 1.25. The van der Waals surface area contributed by atoms with Gasteiger partial charge in [-0.2, -0.15) is 0 Å². The third-order valence-electron chi connectivity index (χ3n) is 4.25. The average molecular weight is 315 g/mol. The van der Waals surface area contributed by atoms with Gasteiger partial charge in [0.05, 0.1) is 23.8 Å². The van der Waals surface area contributed by atoms with E-state index in [1.165, 1.54) is 10.9 Å². The molecule has 1 amide bonds. The standard InChI is InChI=1S/C17H21N3O3/c1-12-3-2-4-14-16(12)19-11-20(17(14)22)7-5-15(21)18-9-13-6-8-23-10-13/h2-4,11,13H,5-10H2,1H3,(H,18,21)/t13-/m1/s1. The molecule has 1 aliphatic rings. The Balaban J connectivity index is 1.61. The zero-order chi connectivity index (χ0) is 16.2. The summed E-state index contributed by atoms with van der Waals surface area (Å²) in [5.74, 6) is 0.361. The normalized spacial score (nSPS) is 17.5. The lowest BCUT2D eigenvalue weighted by Crippen LogP contribution is -2.31. The van der Waals surface area contributed by atoms with E-state index in [-0.39, 0.29) is 17.9 Å². The topological polar surface area (TPSA) is 73.2 Å². The van der Waals surface area contributed by atoms with Crippen molar-refractivity contribution in [1.29, 1.82) is 0 Å². The molecule has 0 spiro atoms. The molecule has 6 heteroatoms. The molecule has 1 aliphatic heterocycles. The first kappa shape index (κ1) is 15.7. The molecule has 6 nitrogen and oxygen atoms in total. The molecule has 3 rings (SSSR count). The Bertz CT molecular complexity index is 763. The van der Waals surface area contributed by atoms with Gasteiger partial charge in [-0.05, 0) is 25.0 Å². The maximum absolute atomic E-state index is 12.4. The average Bonchev–Trinajstić information content (AvgIpc) is 3.06. The molecule has 1 saturated heterocycles. The van der Waals surface area contributed by atoms with Crippen LogP contribution in [-0.4, -0.2) is 35.2 Å².